The van der Waals surface area contributed by atoms with E-state index in [0.29, 0.717) is 23.0 Å². The van der Waals surface area contributed by atoms with Crippen LogP contribution in [0.15, 0.2) is 0 Å². The fourth-order valence-electron chi connectivity index (χ4n) is 4.69. The average molecular weight is 267 g/mol. The zero-order valence-corrected chi connectivity index (χ0v) is 13.6. The van der Waals surface area contributed by atoms with Crippen LogP contribution >= 0.6 is 0 Å². The van der Waals surface area contributed by atoms with Crippen LogP contribution < -0.4 is 5.32 Å². The third kappa shape index (κ3) is 4.19. The molecule has 0 aromatic carbocycles. The number of hydrogen-bond donors (Lipinski definition) is 1. The second kappa shape index (κ2) is 5.73. The maximum atomic E-state index is 5.80. The van der Waals surface area contributed by atoms with Crippen LogP contribution in [0.1, 0.15) is 66.7 Å². The highest BCUT2D eigenvalue weighted by molar-refractivity contribution is 4.93. The number of hydrogen-bond acceptors (Lipinski definition) is 2. The number of rotatable bonds is 4. The Kier molecular flexibility index (Phi) is 4.62. The molecule has 19 heavy (non-hydrogen) atoms. The molecule has 1 heterocycles. The van der Waals surface area contributed by atoms with E-state index in [-0.39, 0.29) is 0 Å². The number of nitrogens with one attached hydrogen (secondary N) is 1. The van der Waals surface area contributed by atoms with Crippen LogP contribution in [-0.2, 0) is 4.74 Å². The van der Waals surface area contributed by atoms with Gasteiger partial charge in [-0.05, 0) is 48.9 Å². The van der Waals surface area contributed by atoms with Gasteiger partial charge in [-0.1, -0.05) is 34.6 Å². The minimum Gasteiger partial charge on any atom is -0.378 e. The summed E-state index contributed by atoms with van der Waals surface area (Å²) < 4.78 is 5.80. The van der Waals surface area contributed by atoms with Gasteiger partial charge in [-0.25, -0.2) is 0 Å². The van der Waals surface area contributed by atoms with Crippen LogP contribution in [-0.4, -0.2) is 25.3 Å². The van der Waals surface area contributed by atoms with E-state index in [0.717, 1.165) is 25.5 Å². The molecule has 0 aromatic rings. The second-order valence-corrected chi connectivity index (χ2v) is 8.38. The van der Waals surface area contributed by atoms with Crippen molar-refractivity contribution in [1.82, 2.24) is 5.32 Å². The summed E-state index contributed by atoms with van der Waals surface area (Å²) in [6, 6.07) is 0.692. The Hall–Kier alpha value is -0.0800. The lowest BCUT2D eigenvalue weighted by atomic mass is 9.63. The molecule has 1 aliphatic heterocycles. The van der Waals surface area contributed by atoms with Crippen molar-refractivity contribution in [2.75, 3.05) is 13.2 Å². The van der Waals surface area contributed by atoms with Crippen LogP contribution in [0.2, 0.25) is 0 Å². The summed E-state index contributed by atoms with van der Waals surface area (Å²) in [7, 11) is 0. The minimum absolute atomic E-state index is 0.482. The van der Waals surface area contributed by atoms with Gasteiger partial charge in [-0.15, -0.1) is 0 Å². The molecule has 0 bridgehead atoms. The Balaban J connectivity index is 1.85. The Morgan fingerprint density at radius 1 is 1.11 bits per heavy atom. The molecule has 0 aromatic heterocycles. The molecule has 2 atom stereocenters. The summed E-state index contributed by atoms with van der Waals surface area (Å²) in [5.74, 6) is 0.734. The van der Waals surface area contributed by atoms with Gasteiger partial charge in [0, 0.05) is 19.2 Å². The summed E-state index contributed by atoms with van der Waals surface area (Å²) in [5.41, 5.74) is 0.964. The van der Waals surface area contributed by atoms with Crippen LogP contribution in [0, 0.1) is 16.7 Å². The summed E-state index contributed by atoms with van der Waals surface area (Å²) in [6.07, 6.45) is 6.89. The van der Waals surface area contributed by atoms with E-state index in [9.17, 15) is 0 Å². The summed E-state index contributed by atoms with van der Waals surface area (Å²) in [4.78, 5) is 0. The molecule has 1 saturated heterocycles. The zero-order chi connectivity index (χ0) is 14.1. The first-order valence-corrected chi connectivity index (χ1v) is 8.16. The fraction of sp³-hybridized carbons (Fsp3) is 1.00. The molecule has 1 N–H and O–H groups in total. The monoisotopic (exact) mass is 267 g/mol. The highest BCUT2D eigenvalue weighted by Crippen LogP contribution is 2.45. The Labute approximate surface area is 119 Å². The molecule has 1 saturated carbocycles. The molecule has 0 spiro atoms. The van der Waals surface area contributed by atoms with Crippen molar-refractivity contribution >= 4 is 0 Å². The predicted octanol–water partition coefficient (Wildman–Crippen LogP) is 4.00. The van der Waals surface area contributed by atoms with Crippen molar-refractivity contribution in [2.45, 2.75) is 78.9 Å². The molecule has 112 valence electrons. The van der Waals surface area contributed by atoms with Gasteiger partial charge in [0.2, 0.25) is 0 Å². The molecule has 1 aliphatic carbocycles. The van der Waals surface area contributed by atoms with Crippen LogP contribution in [0.5, 0.6) is 0 Å². The van der Waals surface area contributed by atoms with E-state index in [1.54, 1.807) is 0 Å². The summed E-state index contributed by atoms with van der Waals surface area (Å²) in [6.45, 7) is 14.1. The smallest absolute Gasteiger partial charge is 0.0613 e. The van der Waals surface area contributed by atoms with Crippen LogP contribution in [0.4, 0.5) is 0 Å². The topological polar surface area (TPSA) is 21.3 Å². The van der Waals surface area contributed by atoms with Gasteiger partial charge in [0.15, 0.2) is 0 Å². The fourth-order valence-corrected chi connectivity index (χ4v) is 4.69. The molecule has 2 nitrogen and oxygen atoms in total. The van der Waals surface area contributed by atoms with Crippen LogP contribution in [0.25, 0.3) is 0 Å². The van der Waals surface area contributed by atoms with Gasteiger partial charge >= 0.3 is 0 Å². The largest absolute Gasteiger partial charge is 0.378 e. The standard InChI is InChI=1S/C17H33NO/c1-6-15-13(7-8-19-15)11-18-14-9-16(2,3)12-17(4,5)10-14/h13-15,18H,6-12H2,1-5H3. The third-order valence-electron chi connectivity index (χ3n) is 4.97. The molecule has 2 heteroatoms. The van der Waals surface area contributed by atoms with Gasteiger partial charge in [0.1, 0.15) is 0 Å². The molecule has 0 amide bonds. The van der Waals surface area contributed by atoms with Gasteiger partial charge in [0.05, 0.1) is 6.10 Å². The number of ether oxygens (including phenoxy) is 1. The lowest BCUT2D eigenvalue weighted by Gasteiger charge is -2.45. The maximum Gasteiger partial charge on any atom is 0.0613 e. The Bertz CT molecular complexity index is 282. The van der Waals surface area contributed by atoms with Gasteiger partial charge in [-0.3, -0.25) is 0 Å². The highest BCUT2D eigenvalue weighted by Gasteiger charge is 2.38. The molecular weight excluding hydrogens is 234 g/mol. The molecule has 0 radical (unpaired) electrons. The van der Waals surface area contributed by atoms with Gasteiger partial charge in [0.25, 0.3) is 0 Å². The predicted molar refractivity (Wildman–Crippen MR) is 81.3 cm³/mol. The molecule has 2 fully saturated rings. The van der Waals surface area contributed by atoms with E-state index in [2.05, 4.69) is 39.9 Å². The molecular formula is C17H33NO. The summed E-state index contributed by atoms with van der Waals surface area (Å²) in [5, 5.41) is 3.86. The van der Waals surface area contributed by atoms with Crippen molar-refractivity contribution in [2.24, 2.45) is 16.7 Å². The lowest BCUT2D eigenvalue weighted by Crippen LogP contribution is -2.45. The highest BCUT2D eigenvalue weighted by atomic mass is 16.5. The van der Waals surface area contributed by atoms with E-state index in [4.69, 9.17) is 4.74 Å². The van der Waals surface area contributed by atoms with E-state index >= 15 is 0 Å². The minimum atomic E-state index is 0.482. The van der Waals surface area contributed by atoms with Crippen molar-refractivity contribution in [3.8, 4) is 0 Å². The van der Waals surface area contributed by atoms with E-state index < -0.39 is 0 Å². The average Bonchev–Trinajstić information content (AvgIpc) is 2.69. The lowest BCUT2D eigenvalue weighted by molar-refractivity contribution is 0.0710. The van der Waals surface area contributed by atoms with Gasteiger partial charge in [-0.2, -0.15) is 0 Å². The summed E-state index contributed by atoms with van der Waals surface area (Å²) >= 11 is 0. The van der Waals surface area contributed by atoms with Crippen LogP contribution in [0.3, 0.4) is 0 Å². The van der Waals surface area contributed by atoms with Crippen molar-refractivity contribution in [3.05, 3.63) is 0 Å². The normalized spacial score (nSPS) is 34.6. The first-order chi connectivity index (χ1) is 8.81. The molecule has 2 aliphatic rings. The first-order valence-electron chi connectivity index (χ1n) is 8.16. The Morgan fingerprint density at radius 2 is 1.74 bits per heavy atom. The Morgan fingerprint density at radius 3 is 2.32 bits per heavy atom. The molecule has 2 rings (SSSR count). The first kappa shape index (κ1) is 15.3. The zero-order valence-electron chi connectivity index (χ0n) is 13.6. The van der Waals surface area contributed by atoms with Crippen molar-refractivity contribution in [3.63, 3.8) is 0 Å². The molecule has 2 unspecified atom stereocenters. The van der Waals surface area contributed by atoms with E-state index in [1.165, 1.54) is 25.7 Å². The second-order valence-electron chi connectivity index (χ2n) is 8.38. The van der Waals surface area contributed by atoms with Crippen molar-refractivity contribution in [1.29, 1.82) is 0 Å². The van der Waals surface area contributed by atoms with Crippen molar-refractivity contribution < 1.29 is 4.74 Å². The maximum absolute atomic E-state index is 5.80. The quantitative estimate of drug-likeness (QED) is 0.831. The SMILES string of the molecule is CCC1OCCC1CNC1CC(C)(C)CC(C)(C)C1. The van der Waals surface area contributed by atoms with E-state index in [1.807, 2.05) is 0 Å². The van der Waals surface area contributed by atoms with Gasteiger partial charge < -0.3 is 10.1 Å². The third-order valence-corrected chi connectivity index (χ3v) is 4.97.